The first-order chi connectivity index (χ1) is 24.6. The van der Waals surface area contributed by atoms with Crippen molar-refractivity contribution in [2.24, 2.45) is 10.2 Å². The van der Waals surface area contributed by atoms with Gasteiger partial charge in [-0.05, 0) is 100 Å². The Morgan fingerprint density at radius 1 is 0.882 bits per heavy atom. The largest absolute Gasteiger partial charge is 0.352 e. The van der Waals surface area contributed by atoms with Crippen molar-refractivity contribution in [2.45, 2.75) is 69.6 Å². The van der Waals surface area contributed by atoms with Crippen LogP contribution in [0.3, 0.4) is 0 Å². The summed E-state index contributed by atoms with van der Waals surface area (Å²) in [5.74, 6) is -1.59. The Hall–Kier alpha value is -5.43. The average molecular weight is 693 g/mol. The molecule has 2 aliphatic heterocycles. The van der Waals surface area contributed by atoms with Gasteiger partial charge in [0.25, 0.3) is 17.7 Å². The van der Waals surface area contributed by atoms with Gasteiger partial charge >= 0.3 is 6.03 Å². The van der Waals surface area contributed by atoms with Gasteiger partial charge in [0.05, 0.1) is 23.3 Å². The third-order valence-electron chi connectivity index (χ3n) is 10.2. The molecule has 2 saturated heterocycles. The van der Waals surface area contributed by atoms with Crippen LogP contribution in [-0.2, 0) is 4.79 Å². The summed E-state index contributed by atoms with van der Waals surface area (Å²) in [6.45, 7) is 9.49. The van der Waals surface area contributed by atoms with E-state index in [1.54, 1.807) is 72.8 Å². The van der Waals surface area contributed by atoms with Crippen LogP contribution in [0.2, 0.25) is 0 Å². The molecule has 3 aliphatic rings. The highest BCUT2D eigenvalue weighted by Crippen LogP contribution is 2.49. The molecule has 4 unspecified atom stereocenters. The van der Waals surface area contributed by atoms with E-state index in [1.165, 1.54) is 0 Å². The van der Waals surface area contributed by atoms with Gasteiger partial charge in [0.15, 0.2) is 0 Å². The summed E-state index contributed by atoms with van der Waals surface area (Å²) in [7, 11) is 0. The minimum Gasteiger partial charge on any atom is -0.352 e. The van der Waals surface area contributed by atoms with Crippen LogP contribution < -0.4 is 26.6 Å². The molecular formula is C38H44N8O5. The quantitative estimate of drug-likeness (QED) is 0.0579. The number of hydrogen-bond donors (Lipinski definition) is 5. The lowest BCUT2D eigenvalue weighted by atomic mass is 9.57. The van der Waals surface area contributed by atoms with E-state index in [0.717, 1.165) is 31.6 Å². The van der Waals surface area contributed by atoms with Gasteiger partial charge in [-0.15, -0.1) is 0 Å². The molecule has 51 heavy (non-hydrogen) atoms. The van der Waals surface area contributed by atoms with E-state index in [0.29, 0.717) is 53.9 Å². The van der Waals surface area contributed by atoms with E-state index in [4.69, 9.17) is 0 Å². The zero-order valence-corrected chi connectivity index (χ0v) is 29.1. The van der Waals surface area contributed by atoms with Gasteiger partial charge in [0, 0.05) is 28.9 Å². The summed E-state index contributed by atoms with van der Waals surface area (Å²) >= 11 is 0. The van der Waals surface area contributed by atoms with E-state index >= 15 is 0 Å². The molecule has 5 N–H and O–H groups in total. The van der Waals surface area contributed by atoms with Crippen LogP contribution in [0.1, 0.15) is 76.2 Å². The second-order valence-corrected chi connectivity index (χ2v) is 13.4. The van der Waals surface area contributed by atoms with Crippen molar-refractivity contribution in [1.82, 2.24) is 26.2 Å². The van der Waals surface area contributed by atoms with Crippen LogP contribution in [0, 0.1) is 6.92 Å². The fourth-order valence-corrected chi connectivity index (χ4v) is 7.37. The normalized spacial score (nSPS) is 23.6. The Kier molecular flexibility index (Phi) is 10.3. The number of amides is 5. The minimum atomic E-state index is -1.83. The van der Waals surface area contributed by atoms with Gasteiger partial charge in [0.1, 0.15) is 0 Å². The molecule has 13 heteroatoms. The maximum Gasteiger partial charge on any atom is 0.315 e. The Labute approximate surface area is 297 Å². The number of benzene rings is 3. The van der Waals surface area contributed by atoms with Crippen molar-refractivity contribution >= 4 is 40.9 Å². The SMILES string of the molecule is CCN(CC)CCCNC(=O)c1cc(C)cc(NC(=O)c2ccc(N=NC3(C(=O)c4ccccc4)C(=O)NC34CCC3NC(=O)NC3C4)cc2)c1. The van der Waals surface area contributed by atoms with Gasteiger partial charge in [0.2, 0.25) is 11.3 Å². The number of hydrogen-bond acceptors (Lipinski definition) is 8. The average Bonchev–Trinajstić information content (AvgIpc) is 3.51. The molecule has 1 spiro atoms. The van der Waals surface area contributed by atoms with Gasteiger partial charge < -0.3 is 31.5 Å². The van der Waals surface area contributed by atoms with Crippen LogP contribution in [0.15, 0.2) is 83.0 Å². The molecule has 2 heterocycles. The highest BCUT2D eigenvalue weighted by atomic mass is 16.2. The highest BCUT2D eigenvalue weighted by molar-refractivity contribution is 6.23. The number of carbonyl (C=O) groups is 5. The molecule has 6 rings (SSSR count). The maximum atomic E-state index is 14.1. The first-order valence-electron chi connectivity index (χ1n) is 17.5. The van der Waals surface area contributed by atoms with Crippen molar-refractivity contribution in [3.63, 3.8) is 0 Å². The zero-order valence-electron chi connectivity index (χ0n) is 29.1. The van der Waals surface area contributed by atoms with E-state index in [2.05, 4.69) is 55.6 Å². The van der Waals surface area contributed by atoms with Crippen LogP contribution in [0.5, 0.6) is 0 Å². The molecule has 0 aromatic heterocycles. The monoisotopic (exact) mass is 692 g/mol. The summed E-state index contributed by atoms with van der Waals surface area (Å²) in [6, 6.07) is 19.5. The van der Waals surface area contributed by atoms with Crippen LogP contribution in [0.25, 0.3) is 0 Å². The number of urea groups is 1. The first-order valence-corrected chi connectivity index (χ1v) is 17.5. The molecule has 4 atom stereocenters. The van der Waals surface area contributed by atoms with E-state index in [9.17, 15) is 24.0 Å². The minimum absolute atomic E-state index is 0.100. The number of carbonyl (C=O) groups excluding carboxylic acids is 5. The lowest BCUT2D eigenvalue weighted by Crippen LogP contribution is -2.85. The van der Waals surface area contributed by atoms with Crippen molar-refractivity contribution in [3.8, 4) is 0 Å². The number of nitrogens with zero attached hydrogens (tertiary/aromatic N) is 3. The fraction of sp³-hybridized carbons (Fsp3) is 0.395. The molecule has 3 aromatic rings. The number of azo groups is 1. The lowest BCUT2D eigenvalue weighted by Gasteiger charge is -2.57. The van der Waals surface area contributed by atoms with Gasteiger partial charge in [-0.1, -0.05) is 44.2 Å². The first kappa shape index (κ1) is 35.4. The molecule has 1 aliphatic carbocycles. The van der Waals surface area contributed by atoms with Crippen molar-refractivity contribution in [2.75, 3.05) is 31.5 Å². The second-order valence-electron chi connectivity index (χ2n) is 13.4. The number of β-lactam (4-membered cyclic amide) rings is 1. The Morgan fingerprint density at radius 2 is 1.61 bits per heavy atom. The number of aryl methyl sites for hydroxylation is 1. The van der Waals surface area contributed by atoms with Gasteiger partial charge in [-0.25, -0.2) is 4.79 Å². The third kappa shape index (κ3) is 7.11. The molecule has 0 bridgehead atoms. The van der Waals surface area contributed by atoms with E-state index < -0.39 is 22.8 Å². The molecule has 1 saturated carbocycles. The summed E-state index contributed by atoms with van der Waals surface area (Å²) in [6.07, 6.45) is 2.14. The number of Topliss-reactive ketones (excluding diaryl/α,β-unsaturated/α-hetero) is 1. The van der Waals surface area contributed by atoms with Crippen LogP contribution in [-0.4, -0.2) is 83.8 Å². The van der Waals surface area contributed by atoms with E-state index in [1.807, 2.05) is 6.92 Å². The predicted octanol–water partition coefficient (Wildman–Crippen LogP) is 4.52. The topological polar surface area (TPSA) is 173 Å². The van der Waals surface area contributed by atoms with Gasteiger partial charge in [-0.2, -0.15) is 10.2 Å². The van der Waals surface area contributed by atoms with Crippen molar-refractivity contribution < 1.29 is 24.0 Å². The zero-order chi connectivity index (χ0) is 36.2. The molecular weight excluding hydrogens is 648 g/mol. The molecule has 0 radical (unpaired) electrons. The molecule has 5 amide bonds. The Balaban J connectivity index is 1.16. The molecule has 13 nitrogen and oxygen atoms in total. The number of rotatable bonds is 13. The lowest BCUT2D eigenvalue weighted by molar-refractivity contribution is -0.143. The Bertz CT molecular complexity index is 1840. The van der Waals surface area contributed by atoms with Crippen molar-refractivity contribution in [3.05, 3.63) is 95.1 Å². The summed E-state index contributed by atoms with van der Waals surface area (Å²) in [5.41, 5.74) is -0.0629. The standard InChI is InChI=1S/C38H44N8O5/c1-4-46(5-2)19-9-18-39-33(48)27-20-24(3)21-29(22-27)40-34(49)26-12-14-28(15-13-26)44-45-38(32(47)25-10-7-6-8-11-25)35(50)43-37(38)17-16-30-31(23-37)42-36(51)41-30/h6-8,10-15,20-22,30-31H,4-5,9,16-19,23H2,1-3H3,(H,39,48)(H,40,49)(H,43,50)(H2,41,42,51). The maximum absolute atomic E-state index is 14.1. The van der Waals surface area contributed by atoms with E-state index in [-0.39, 0.29) is 29.9 Å². The molecule has 266 valence electrons. The number of ketones is 1. The predicted molar refractivity (Wildman–Crippen MR) is 192 cm³/mol. The summed E-state index contributed by atoms with van der Waals surface area (Å²) in [5, 5.41) is 23.5. The molecule has 3 aromatic carbocycles. The number of fused-ring (bicyclic) bond motifs is 1. The van der Waals surface area contributed by atoms with Crippen molar-refractivity contribution in [1.29, 1.82) is 0 Å². The van der Waals surface area contributed by atoms with Crippen LogP contribution >= 0.6 is 0 Å². The van der Waals surface area contributed by atoms with Crippen LogP contribution in [0.4, 0.5) is 16.2 Å². The summed E-state index contributed by atoms with van der Waals surface area (Å²) in [4.78, 5) is 68.1. The summed E-state index contributed by atoms with van der Waals surface area (Å²) < 4.78 is 0. The fourth-order valence-electron chi connectivity index (χ4n) is 7.37. The second kappa shape index (κ2) is 14.8. The molecule has 3 fully saturated rings. The highest BCUT2D eigenvalue weighted by Gasteiger charge is 2.73. The Morgan fingerprint density at radius 3 is 2.31 bits per heavy atom. The third-order valence-corrected chi connectivity index (χ3v) is 10.2. The number of anilines is 1. The smallest absolute Gasteiger partial charge is 0.315 e. The van der Waals surface area contributed by atoms with Gasteiger partial charge in [-0.3, -0.25) is 19.2 Å². The number of nitrogens with one attached hydrogen (secondary N) is 5.